The molecule has 2 aromatic rings. The standard InChI is InChI=1S/C30H48N8O5/c1-18(36-23-17-20(43-5)16-19-10-12-24(30(2,3)4)38-26(19)23)8-6-14-34-25(39)13-11-22(28(41)42)37-27(40)21(31)9-7-15-35-29(32)33/h10,12,16-18,21-22,36H,6-9,11,13-15,31H2,1-5H3,(H,34,39)(H,37,40)(H,41,42)(H4,32,33,35)/t18?,21-,22?/m1/s1. The number of hydrogen-bond acceptors (Lipinski definition) is 8. The summed E-state index contributed by atoms with van der Waals surface area (Å²) in [4.78, 5) is 45.0. The number of nitrogens with zero attached hydrogens (tertiary/aromatic N) is 2. The average molecular weight is 601 g/mol. The Hall–Kier alpha value is -4.13. The van der Waals surface area contributed by atoms with Crippen LogP contribution >= 0.6 is 0 Å². The van der Waals surface area contributed by atoms with Crippen LogP contribution in [0.15, 0.2) is 29.3 Å². The monoisotopic (exact) mass is 600 g/mol. The number of nitrogens with two attached hydrogens (primary N) is 3. The summed E-state index contributed by atoms with van der Waals surface area (Å²) in [5.74, 6) is -1.45. The molecule has 13 nitrogen and oxygen atoms in total. The molecule has 0 radical (unpaired) electrons. The largest absolute Gasteiger partial charge is 0.497 e. The van der Waals surface area contributed by atoms with Crippen LogP contribution in [-0.4, -0.2) is 72.2 Å². The highest BCUT2D eigenvalue weighted by Gasteiger charge is 2.24. The lowest BCUT2D eigenvalue weighted by molar-refractivity contribution is -0.142. The third-order valence-electron chi connectivity index (χ3n) is 6.89. The van der Waals surface area contributed by atoms with Gasteiger partial charge in [0.2, 0.25) is 11.8 Å². The van der Waals surface area contributed by atoms with Crippen molar-refractivity contribution in [2.75, 3.05) is 25.5 Å². The maximum atomic E-state index is 12.4. The van der Waals surface area contributed by atoms with Crippen LogP contribution in [0.25, 0.3) is 10.9 Å². The van der Waals surface area contributed by atoms with Crippen LogP contribution in [0, 0.1) is 0 Å². The maximum absolute atomic E-state index is 12.4. The van der Waals surface area contributed by atoms with E-state index in [2.05, 4.69) is 54.7 Å². The first-order valence-corrected chi connectivity index (χ1v) is 14.6. The number of benzene rings is 1. The van der Waals surface area contributed by atoms with Crippen molar-refractivity contribution in [2.24, 2.45) is 22.2 Å². The molecule has 0 aliphatic rings. The van der Waals surface area contributed by atoms with Crippen molar-refractivity contribution in [1.29, 1.82) is 0 Å². The number of nitrogens with one attached hydrogen (secondary N) is 3. The van der Waals surface area contributed by atoms with Crippen LogP contribution in [-0.2, 0) is 19.8 Å². The first kappa shape index (κ1) is 35.1. The van der Waals surface area contributed by atoms with Gasteiger partial charge >= 0.3 is 5.97 Å². The number of aromatic nitrogens is 1. The third-order valence-corrected chi connectivity index (χ3v) is 6.89. The smallest absolute Gasteiger partial charge is 0.326 e. The quantitative estimate of drug-likeness (QED) is 0.0794. The van der Waals surface area contributed by atoms with Crippen molar-refractivity contribution in [3.8, 4) is 5.75 Å². The Labute approximate surface area is 253 Å². The number of carbonyl (C=O) groups excluding carboxylic acids is 2. The van der Waals surface area contributed by atoms with E-state index < -0.39 is 24.0 Å². The van der Waals surface area contributed by atoms with Crippen LogP contribution in [0.3, 0.4) is 0 Å². The number of carboxylic acid groups (broad SMARTS) is 1. The van der Waals surface area contributed by atoms with E-state index in [9.17, 15) is 19.5 Å². The van der Waals surface area contributed by atoms with Gasteiger partial charge in [0.15, 0.2) is 5.96 Å². The van der Waals surface area contributed by atoms with Crippen molar-refractivity contribution in [3.63, 3.8) is 0 Å². The van der Waals surface area contributed by atoms with Gasteiger partial charge in [0.1, 0.15) is 11.8 Å². The Morgan fingerprint density at radius 3 is 2.44 bits per heavy atom. The number of methoxy groups -OCH3 is 1. The predicted molar refractivity (Wildman–Crippen MR) is 169 cm³/mol. The van der Waals surface area contributed by atoms with Crippen LogP contribution in [0.5, 0.6) is 5.75 Å². The minimum Gasteiger partial charge on any atom is -0.497 e. The number of guanidine groups is 1. The van der Waals surface area contributed by atoms with E-state index in [1.165, 1.54) is 0 Å². The van der Waals surface area contributed by atoms with E-state index >= 15 is 0 Å². The number of carbonyl (C=O) groups is 3. The summed E-state index contributed by atoms with van der Waals surface area (Å²) >= 11 is 0. The highest BCUT2D eigenvalue weighted by Crippen LogP contribution is 2.31. The van der Waals surface area contributed by atoms with Crippen molar-refractivity contribution < 1.29 is 24.2 Å². The van der Waals surface area contributed by atoms with Crippen LogP contribution in [0.4, 0.5) is 5.69 Å². The van der Waals surface area contributed by atoms with Gasteiger partial charge < -0.3 is 43.0 Å². The summed E-state index contributed by atoms with van der Waals surface area (Å²) < 4.78 is 5.49. The van der Waals surface area contributed by atoms with Gasteiger partial charge in [-0.15, -0.1) is 0 Å². The van der Waals surface area contributed by atoms with E-state index in [4.69, 9.17) is 26.9 Å². The second-order valence-electron chi connectivity index (χ2n) is 11.7. The molecule has 2 amide bonds. The minimum atomic E-state index is -1.23. The molecule has 3 atom stereocenters. The molecule has 10 N–H and O–H groups in total. The van der Waals surface area contributed by atoms with E-state index in [0.717, 1.165) is 34.5 Å². The lowest BCUT2D eigenvalue weighted by atomic mass is 9.91. The highest BCUT2D eigenvalue weighted by atomic mass is 16.5. The van der Waals surface area contributed by atoms with E-state index in [1.807, 2.05) is 18.2 Å². The number of aliphatic imine (C=N–C) groups is 1. The Balaban J connectivity index is 1.82. The molecular formula is C30H48N8O5. The van der Waals surface area contributed by atoms with Gasteiger partial charge in [-0.25, -0.2) is 4.79 Å². The molecular weight excluding hydrogens is 552 g/mol. The van der Waals surface area contributed by atoms with Gasteiger partial charge in [0.25, 0.3) is 0 Å². The molecule has 2 rings (SSSR count). The molecule has 0 aliphatic carbocycles. The zero-order valence-corrected chi connectivity index (χ0v) is 25.9. The number of aliphatic carboxylic acids is 1. The molecule has 43 heavy (non-hydrogen) atoms. The summed E-state index contributed by atoms with van der Waals surface area (Å²) in [5, 5.41) is 19.2. The topological polar surface area (TPSA) is 220 Å². The first-order chi connectivity index (χ1) is 20.2. The fourth-order valence-electron chi connectivity index (χ4n) is 4.38. The number of pyridine rings is 1. The fraction of sp³-hybridized carbons (Fsp3) is 0.567. The second-order valence-corrected chi connectivity index (χ2v) is 11.7. The number of hydrogen-bond donors (Lipinski definition) is 7. The second kappa shape index (κ2) is 16.5. The number of rotatable bonds is 17. The summed E-state index contributed by atoms with van der Waals surface area (Å²) in [7, 11) is 1.63. The average Bonchev–Trinajstić information content (AvgIpc) is 2.94. The molecule has 0 saturated carbocycles. The summed E-state index contributed by atoms with van der Waals surface area (Å²) in [6, 6.07) is 5.95. The molecule has 1 heterocycles. The number of fused-ring (bicyclic) bond motifs is 1. The summed E-state index contributed by atoms with van der Waals surface area (Å²) in [6.07, 6.45) is 2.11. The Kier molecular flexibility index (Phi) is 13.5. The number of ether oxygens (including phenoxy) is 1. The molecule has 0 fully saturated rings. The van der Waals surface area contributed by atoms with Gasteiger partial charge in [-0.05, 0) is 51.2 Å². The lowest BCUT2D eigenvalue weighted by Gasteiger charge is -2.21. The van der Waals surface area contributed by atoms with Crippen LogP contribution in [0.1, 0.15) is 71.9 Å². The van der Waals surface area contributed by atoms with Gasteiger partial charge in [0.05, 0.1) is 24.4 Å². The van der Waals surface area contributed by atoms with Crippen LogP contribution in [0.2, 0.25) is 0 Å². The van der Waals surface area contributed by atoms with E-state index in [-0.39, 0.29) is 42.6 Å². The summed E-state index contributed by atoms with van der Waals surface area (Å²) in [5.41, 5.74) is 19.0. The maximum Gasteiger partial charge on any atom is 0.326 e. The molecule has 238 valence electrons. The van der Waals surface area contributed by atoms with Gasteiger partial charge in [-0.1, -0.05) is 26.8 Å². The molecule has 0 spiro atoms. The Morgan fingerprint density at radius 1 is 1.09 bits per heavy atom. The summed E-state index contributed by atoms with van der Waals surface area (Å²) in [6.45, 7) is 9.19. The van der Waals surface area contributed by atoms with Crippen molar-refractivity contribution in [3.05, 3.63) is 30.0 Å². The normalized spacial score (nSPS) is 13.4. The minimum absolute atomic E-state index is 0.0531. The van der Waals surface area contributed by atoms with Crippen molar-refractivity contribution in [1.82, 2.24) is 15.6 Å². The molecule has 2 unspecified atom stereocenters. The van der Waals surface area contributed by atoms with Gasteiger partial charge in [-0.2, -0.15) is 0 Å². The Morgan fingerprint density at radius 2 is 1.81 bits per heavy atom. The predicted octanol–water partition coefficient (Wildman–Crippen LogP) is 1.97. The first-order valence-electron chi connectivity index (χ1n) is 14.6. The lowest BCUT2D eigenvalue weighted by Crippen LogP contribution is -2.48. The SMILES string of the molecule is COc1cc(NC(C)CCCNC(=O)CCC(NC(=O)[C@H](N)CCCN=C(N)N)C(=O)O)c2nc(C(C)(C)C)ccc2c1. The zero-order chi connectivity index (χ0) is 32.2. The third kappa shape index (κ3) is 11.9. The highest BCUT2D eigenvalue weighted by molar-refractivity contribution is 5.92. The number of amides is 2. The zero-order valence-electron chi connectivity index (χ0n) is 25.9. The molecule has 1 aromatic carbocycles. The molecule has 13 heteroatoms. The van der Waals surface area contributed by atoms with Crippen LogP contribution < -0.4 is 37.9 Å². The van der Waals surface area contributed by atoms with Gasteiger partial charge in [-0.3, -0.25) is 19.6 Å². The molecule has 0 aliphatic heterocycles. The van der Waals surface area contributed by atoms with Gasteiger partial charge in [0, 0.05) is 48.1 Å². The van der Waals surface area contributed by atoms with Crippen molar-refractivity contribution in [2.45, 2.75) is 89.8 Å². The Bertz CT molecular complexity index is 1270. The molecule has 0 bridgehead atoms. The molecule has 0 saturated heterocycles. The number of carboxylic acids is 1. The number of anilines is 1. The van der Waals surface area contributed by atoms with E-state index in [1.54, 1.807) is 7.11 Å². The fourth-order valence-corrected chi connectivity index (χ4v) is 4.38. The molecule has 1 aromatic heterocycles. The van der Waals surface area contributed by atoms with Crippen molar-refractivity contribution >= 4 is 40.3 Å². The van der Waals surface area contributed by atoms with E-state index in [0.29, 0.717) is 25.9 Å².